The molecule has 0 aromatic heterocycles. The van der Waals surface area contributed by atoms with Crippen LogP contribution in [0.1, 0.15) is 113 Å². The van der Waals surface area contributed by atoms with E-state index in [9.17, 15) is 9.90 Å². The highest BCUT2D eigenvalue weighted by molar-refractivity contribution is 5.99. The number of fused-ring (bicyclic) bond motifs is 4. The van der Waals surface area contributed by atoms with Crippen molar-refractivity contribution in [1.82, 2.24) is 0 Å². The van der Waals surface area contributed by atoms with Gasteiger partial charge >= 0.3 is 0 Å². The molecule has 186 valence electrons. The van der Waals surface area contributed by atoms with Crippen molar-refractivity contribution in [2.24, 2.45) is 45.3 Å². The van der Waals surface area contributed by atoms with Crippen LogP contribution in [0.5, 0.6) is 0 Å². The number of aliphatic hydroxyl groups excluding tert-OH is 1. The second-order valence-corrected chi connectivity index (χ2v) is 14.1. The lowest BCUT2D eigenvalue weighted by Crippen LogP contribution is -2.57. The molecule has 33 heavy (non-hydrogen) atoms. The normalized spacial score (nSPS) is 43.2. The number of carbonyl (C=O) groups is 1. The molecule has 0 amide bonds. The zero-order valence-electron chi connectivity index (χ0n) is 22.8. The third-order valence-electron chi connectivity index (χ3n) is 12.0. The number of aliphatic hydroxyl groups is 1. The van der Waals surface area contributed by atoms with E-state index in [1.807, 2.05) is 0 Å². The van der Waals surface area contributed by atoms with Crippen LogP contribution >= 0.6 is 0 Å². The Morgan fingerprint density at radius 2 is 1.73 bits per heavy atom. The Labute approximate surface area is 203 Å². The number of hydrogen-bond donors (Lipinski definition) is 1. The van der Waals surface area contributed by atoms with Gasteiger partial charge in [0.05, 0.1) is 6.10 Å². The molecule has 0 spiro atoms. The summed E-state index contributed by atoms with van der Waals surface area (Å²) in [4.78, 5) is 13.9. The molecule has 2 fully saturated rings. The Kier molecular flexibility index (Phi) is 6.17. The fourth-order valence-electron chi connectivity index (χ4n) is 9.21. The van der Waals surface area contributed by atoms with Gasteiger partial charge in [0.2, 0.25) is 0 Å². The molecule has 0 bridgehead atoms. The van der Waals surface area contributed by atoms with E-state index in [4.69, 9.17) is 0 Å². The minimum Gasteiger partial charge on any atom is -0.393 e. The molecule has 0 aromatic rings. The van der Waals surface area contributed by atoms with Crippen LogP contribution in [0.4, 0.5) is 0 Å². The number of hydrogen-bond acceptors (Lipinski definition) is 2. The molecular formula is C31H50O2. The molecule has 0 aromatic carbocycles. The zero-order chi connectivity index (χ0) is 24.6. The molecule has 4 rings (SSSR count). The highest BCUT2D eigenvalue weighted by Gasteiger charge is 2.65. The van der Waals surface area contributed by atoms with Crippen molar-refractivity contribution >= 4 is 5.78 Å². The second kappa shape index (κ2) is 8.07. The van der Waals surface area contributed by atoms with Crippen LogP contribution in [0.2, 0.25) is 0 Å². The summed E-state index contributed by atoms with van der Waals surface area (Å²) in [5.74, 6) is 2.58. The lowest BCUT2D eigenvalue weighted by Gasteiger charge is -2.61. The monoisotopic (exact) mass is 454 g/mol. The van der Waals surface area contributed by atoms with Crippen LogP contribution in [0.25, 0.3) is 0 Å². The summed E-state index contributed by atoms with van der Waals surface area (Å²) in [7, 11) is 0. The van der Waals surface area contributed by atoms with Gasteiger partial charge < -0.3 is 5.11 Å². The Hall–Kier alpha value is -0.890. The number of rotatable bonds is 5. The maximum Gasteiger partial charge on any atom is 0.159 e. The smallest absolute Gasteiger partial charge is 0.159 e. The molecule has 0 radical (unpaired) electrons. The first-order chi connectivity index (χ1) is 15.2. The van der Waals surface area contributed by atoms with Gasteiger partial charge in [-0.25, -0.2) is 0 Å². The predicted molar refractivity (Wildman–Crippen MR) is 138 cm³/mol. The summed E-state index contributed by atoms with van der Waals surface area (Å²) in [6.45, 7) is 23.1. The van der Waals surface area contributed by atoms with Crippen molar-refractivity contribution in [3.63, 3.8) is 0 Å². The lowest BCUT2D eigenvalue weighted by molar-refractivity contribution is -0.134. The molecule has 4 aliphatic carbocycles. The first kappa shape index (κ1) is 25.2. The highest BCUT2D eigenvalue weighted by Crippen LogP contribution is 2.71. The van der Waals surface area contributed by atoms with Crippen molar-refractivity contribution in [2.45, 2.75) is 119 Å². The SMILES string of the molecule is C=C(CC[C@H](C)[C@@H]1CC[C@]2(C)C3=C(CC[C@@]12C)[C@@]1(C)CC[C@H](O)C(C)(C)[C@@H]1CC3=O)C(C)C. The van der Waals surface area contributed by atoms with Crippen molar-refractivity contribution in [2.75, 3.05) is 0 Å². The predicted octanol–water partition coefficient (Wildman–Crippen LogP) is 7.90. The van der Waals surface area contributed by atoms with Crippen molar-refractivity contribution in [3.8, 4) is 0 Å². The van der Waals surface area contributed by atoms with Gasteiger partial charge in [-0.15, -0.1) is 0 Å². The first-order valence-corrected chi connectivity index (χ1v) is 13.8. The van der Waals surface area contributed by atoms with Crippen LogP contribution in [0.15, 0.2) is 23.3 Å². The maximum atomic E-state index is 13.9. The van der Waals surface area contributed by atoms with Crippen molar-refractivity contribution in [3.05, 3.63) is 23.3 Å². The van der Waals surface area contributed by atoms with Gasteiger partial charge in [-0.2, -0.15) is 0 Å². The van der Waals surface area contributed by atoms with Gasteiger partial charge in [0.25, 0.3) is 0 Å². The summed E-state index contributed by atoms with van der Waals surface area (Å²) >= 11 is 0. The highest BCUT2D eigenvalue weighted by atomic mass is 16.3. The van der Waals surface area contributed by atoms with Gasteiger partial charge in [0.15, 0.2) is 5.78 Å². The molecule has 0 heterocycles. The number of ketones is 1. The van der Waals surface area contributed by atoms with E-state index in [1.165, 1.54) is 36.0 Å². The van der Waals surface area contributed by atoms with Gasteiger partial charge in [0.1, 0.15) is 0 Å². The molecule has 2 saturated carbocycles. The number of allylic oxidation sites excluding steroid dienone is 3. The average Bonchev–Trinajstić information content (AvgIpc) is 3.02. The summed E-state index contributed by atoms with van der Waals surface area (Å²) in [6.07, 6.45) is 9.25. The Morgan fingerprint density at radius 1 is 1.06 bits per heavy atom. The third kappa shape index (κ3) is 3.47. The molecule has 2 nitrogen and oxygen atoms in total. The molecule has 4 aliphatic rings. The lowest BCUT2D eigenvalue weighted by atomic mass is 9.43. The van der Waals surface area contributed by atoms with Gasteiger partial charge in [-0.05, 0) is 91.3 Å². The average molecular weight is 455 g/mol. The fraction of sp³-hybridized carbons (Fsp3) is 0.839. The Morgan fingerprint density at radius 3 is 2.36 bits per heavy atom. The molecule has 7 atom stereocenters. The van der Waals surface area contributed by atoms with Crippen LogP contribution in [-0.4, -0.2) is 17.0 Å². The van der Waals surface area contributed by atoms with Crippen LogP contribution in [-0.2, 0) is 4.79 Å². The maximum absolute atomic E-state index is 13.9. The summed E-state index contributed by atoms with van der Waals surface area (Å²) in [5, 5.41) is 10.8. The van der Waals surface area contributed by atoms with Gasteiger partial charge in [-0.3, -0.25) is 4.79 Å². The standard InChI is InChI=1S/C31H50O2/c1-19(2)20(3)10-11-21(4)22-12-17-31(9)27-23(13-16-30(22,31)8)29(7)15-14-26(33)28(5,6)25(29)18-24(27)32/h19,21-22,25-26,33H,3,10-18H2,1-2,4-9H3/t21-,22-,25-,26-,29+,30-,31+/m0/s1. The van der Waals surface area contributed by atoms with E-state index in [1.54, 1.807) is 0 Å². The second-order valence-electron chi connectivity index (χ2n) is 14.1. The molecule has 0 aliphatic heterocycles. The van der Waals surface area contributed by atoms with Crippen LogP contribution in [0.3, 0.4) is 0 Å². The van der Waals surface area contributed by atoms with E-state index >= 15 is 0 Å². The quantitative estimate of drug-likeness (QED) is 0.429. The minimum absolute atomic E-state index is 0.000162. The summed E-state index contributed by atoms with van der Waals surface area (Å²) in [5.41, 5.74) is 4.18. The minimum atomic E-state index is -0.299. The molecule has 1 N–H and O–H groups in total. The Bertz CT molecular complexity index is 862. The van der Waals surface area contributed by atoms with Crippen LogP contribution < -0.4 is 0 Å². The summed E-state index contributed by atoms with van der Waals surface area (Å²) < 4.78 is 0. The largest absolute Gasteiger partial charge is 0.393 e. The molecule has 2 heteroatoms. The van der Waals surface area contributed by atoms with E-state index in [2.05, 4.69) is 62.0 Å². The van der Waals surface area contributed by atoms with E-state index < -0.39 is 0 Å². The van der Waals surface area contributed by atoms with Gasteiger partial charge in [0, 0.05) is 17.4 Å². The number of Topliss-reactive ketones (excluding diaryl/α,β-unsaturated/α-hetero) is 1. The number of carbonyl (C=O) groups excluding carboxylic acids is 1. The van der Waals surface area contributed by atoms with E-state index in [0.29, 0.717) is 30.0 Å². The molecule has 0 saturated heterocycles. The fourth-order valence-corrected chi connectivity index (χ4v) is 9.21. The van der Waals surface area contributed by atoms with E-state index in [0.717, 1.165) is 32.1 Å². The van der Waals surface area contributed by atoms with E-state index in [-0.39, 0.29) is 33.7 Å². The Balaban J connectivity index is 1.68. The topological polar surface area (TPSA) is 37.3 Å². The van der Waals surface area contributed by atoms with Crippen molar-refractivity contribution < 1.29 is 9.90 Å². The first-order valence-electron chi connectivity index (χ1n) is 13.8. The third-order valence-corrected chi connectivity index (χ3v) is 12.0. The van der Waals surface area contributed by atoms with Crippen LogP contribution in [0, 0.1) is 45.3 Å². The summed E-state index contributed by atoms with van der Waals surface area (Å²) in [6, 6.07) is 0. The molecular weight excluding hydrogens is 404 g/mol. The van der Waals surface area contributed by atoms with Gasteiger partial charge in [-0.1, -0.05) is 73.1 Å². The van der Waals surface area contributed by atoms with Crippen molar-refractivity contribution in [1.29, 1.82) is 0 Å². The zero-order valence-corrected chi connectivity index (χ0v) is 22.8. The molecule has 0 unspecified atom stereocenters.